The number of halogens is 1. The first-order chi connectivity index (χ1) is 10.1. The van der Waals surface area contributed by atoms with E-state index in [1.165, 1.54) is 11.1 Å². The van der Waals surface area contributed by atoms with E-state index in [4.69, 9.17) is 0 Å². The van der Waals surface area contributed by atoms with Crippen molar-refractivity contribution in [2.75, 3.05) is 20.6 Å². The lowest BCUT2D eigenvalue weighted by atomic mass is 9.94. The molecule has 0 saturated carbocycles. The van der Waals surface area contributed by atoms with Crippen LogP contribution in [0.5, 0.6) is 0 Å². The summed E-state index contributed by atoms with van der Waals surface area (Å²) in [5.41, 5.74) is 2.47. The second-order valence-corrected chi connectivity index (χ2v) is 6.36. The van der Waals surface area contributed by atoms with E-state index in [9.17, 15) is 4.79 Å². The maximum atomic E-state index is 12.3. The molecule has 22 heavy (non-hydrogen) atoms. The second-order valence-electron chi connectivity index (χ2n) is 6.36. The highest BCUT2D eigenvalue weighted by Crippen LogP contribution is 2.15. The highest BCUT2D eigenvalue weighted by atomic mass is 35.5. The lowest BCUT2D eigenvalue weighted by Crippen LogP contribution is -2.48. The number of hydrogen-bond donors (Lipinski definition) is 2. The Labute approximate surface area is 140 Å². The summed E-state index contributed by atoms with van der Waals surface area (Å²) in [5.74, 6) is 0.754. The van der Waals surface area contributed by atoms with Gasteiger partial charge in [0.2, 0.25) is 5.91 Å². The van der Waals surface area contributed by atoms with E-state index in [-0.39, 0.29) is 24.4 Å². The molecule has 0 aromatic heterocycles. The van der Waals surface area contributed by atoms with Crippen molar-refractivity contribution in [1.82, 2.24) is 15.5 Å². The molecular formula is C17H28ClN3O. The topological polar surface area (TPSA) is 44.4 Å². The Hall–Kier alpha value is -1.10. The highest BCUT2D eigenvalue weighted by Gasteiger charge is 2.24. The van der Waals surface area contributed by atoms with Gasteiger partial charge in [-0.2, -0.15) is 0 Å². The van der Waals surface area contributed by atoms with Gasteiger partial charge in [0.25, 0.3) is 0 Å². The van der Waals surface area contributed by atoms with Gasteiger partial charge in [-0.15, -0.1) is 12.4 Å². The van der Waals surface area contributed by atoms with Crippen molar-refractivity contribution in [3.63, 3.8) is 0 Å². The zero-order valence-corrected chi connectivity index (χ0v) is 14.6. The molecule has 2 atom stereocenters. The fourth-order valence-corrected chi connectivity index (χ4v) is 2.84. The number of nitrogens with zero attached hydrogens (tertiary/aromatic N) is 1. The molecule has 0 bridgehead atoms. The van der Waals surface area contributed by atoms with E-state index in [0.29, 0.717) is 12.5 Å². The number of benzene rings is 1. The van der Waals surface area contributed by atoms with Crippen molar-refractivity contribution in [2.24, 2.45) is 5.92 Å². The van der Waals surface area contributed by atoms with Crippen molar-refractivity contribution < 1.29 is 4.79 Å². The molecule has 0 spiro atoms. The van der Waals surface area contributed by atoms with Gasteiger partial charge in [-0.3, -0.25) is 4.79 Å². The minimum Gasteiger partial charge on any atom is -0.351 e. The molecule has 4 nitrogen and oxygen atoms in total. The van der Waals surface area contributed by atoms with Crippen molar-refractivity contribution in [1.29, 1.82) is 0 Å². The first-order valence-electron chi connectivity index (χ1n) is 7.79. The quantitative estimate of drug-likeness (QED) is 0.872. The predicted molar refractivity (Wildman–Crippen MR) is 93.1 cm³/mol. The Morgan fingerprint density at radius 2 is 2.00 bits per heavy atom. The molecule has 1 heterocycles. The number of rotatable bonds is 5. The summed E-state index contributed by atoms with van der Waals surface area (Å²) in [4.78, 5) is 14.4. The van der Waals surface area contributed by atoms with Crippen LogP contribution in [-0.4, -0.2) is 37.5 Å². The minimum atomic E-state index is -0.0326. The Balaban J connectivity index is 0.00000242. The highest BCUT2D eigenvalue weighted by molar-refractivity contribution is 5.85. The van der Waals surface area contributed by atoms with Gasteiger partial charge in [-0.05, 0) is 50.5 Å². The second kappa shape index (κ2) is 9.13. The monoisotopic (exact) mass is 325 g/mol. The van der Waals surface area contributed by atoms with Crippen molar-refractivity contribution in [3.8, 4) is 0 Å². The molecule has 1 aromatic carbocycles. The lowest BCUT2D eigenvalue weighted by molar-refractivity contribution is -0.124. The number of amides is 1. The summed E-state index contributed by atoms with van der Waals surface area (Å²) in [5, 5.41) is 6.40. The number of carbonyl (C=O) groups is 1. The van der Waals surface area contributed by atoms with Crippen LogP contribution in [0, 0.1) is 5.92 Å². The van der Waals surface area contributed by atoms with E-state index in [1.54, 1.807) is 0 Å². The molecule has 124 valence electrons. The van der Waals surface area contributed by atoms with Gasteiger partial charge in [0.05, 0.1) is 6.04 Å². The summed E-state index contributed by atoms with van der Waals surface area (Å²) >= 11 is 0. The van der Waals surface area contributed by atoms with Crippen LogP contribution in [0.2, 0.25) is 0 Å². The van der Waals surface area contributed by atoms with Gasteiger partial charge in [0, 0.05) is 13.1 Å². The van der Waals surface area contributed by atoms with Gasteiger partial charge in [-0.25, -0.2) is 0 Å². The molecule has 1 fully saturated rings. The number of carbonyl (C=O) groups excluding carboxylic acids is 1. The first-order valence-corrected chi connectivity index (χ1v) is 7.79. The summed E-state index contributed by atoms with van der Waals surface area (Å²) in [7, 11) is 4.12. The summed E-state index contributed by atoms with van der Waals surface area (Å²) in [6.45, 7) is 4.66. The molecule has 0 radical (unpaired) electrons. The van der Waals surface area contributed by atoms with Crippen LogP contribution in [-0.2, 0) is 17.9 Å². The van der Waals surface area contributed by atoms with Crippen molar-refractivity contribution in [2.45, 2.75) is 38.9 Å². The molecule has 5 heteroatoms. The molecule has 1 saturated heterocycles. The fourth-order valence-electron chi connectivity index (χ4n) is 2.84. The molecule has 1 aromatic rings. The average Bonchev–Trinajstić information content (AvgIpc) is 2.45. The Morgan fingerprint density at radius 1 is 1.32 bits per heavy atom. The van der Waals surface area contributed by atoms with E-state index in [1.807, 2.05) is 6.07 Å². The third-order valence-corrected chi connectivity index (χ3v) is 4.04. The van der Waals surface area contributed by atoms with Crippen LogP contribution in [0.1, 0.15) is 30.9 Å². The third-order valence-electron chi connectivity index (χ3n) is 4.04. The summed E-state index contributed by atoms with van der Waals surface area (Å²) < 4.78 is 0. The number of piperidine rings is 1. The molecular weight excluding hydrogens is 298 g/mol. The average molecular weight is 326 g/mol. The zero-order valence-electron chi connectivity index (χ0n) is 13.8. The van der Waals surface area contributed by atoms with Crippen LogP contribution in [0.4, 0.5) is 0 Å². The first kappa shape index (κ1) is 18.9. The SMILES string of the molecule is CC1CCNC(C(=O)NCc2ccccc2CN(C)C)C1.Cl. The largest absolute Gasteiger partial charge is 0.351 e. The molecule has 1 aliphatic rings. The predicted octanol–water partition coefficient (Wildman–Crippen LogP) is 2.17. The van der Waals surface area contributed by atoms with Crippen molar-refractivity contribution in [3.05, 3.63) is 35.4 Å². The normalized spacial score (nSPS) is 21.3. The molecule has 1 amide bonds. The Morgan fingerprint density at radius 3 is 2.64 bits per heavy atom. The zero-order chi connectivity index (χ0) is 15.2. The van der Waals surface area contributed by atoms with Crippen LogP contribution in [0.25, 0.3) is 0 Å². The number of nitrogens with one attached hydrogen (secondary N) is 2. The summed E-state index contributed by atoms with van der Waals surface area (Å²) in [6.07, 6.45) is 2.10. The molecule has 2 unspecified atom stereocenters. The van der Waals surface area contributed by atoms with Gasteiger partial charge < -0.3 is 15.5 Å². The van der Waals surface area contributed by atoms with Crippen LogP contribution >= 0.6 is 12.4 Å². The van der Waals surface area contributed by atoms with Gasteiger partial charge in [0.1, 0.15) is 0 Å². The van der Waals surface area contributed by atoms with Gasteiger partial charge in [-0.1, -0.05) is 31.2 Å². The van der Waals surface area contributed by atoms with E-state index in [0.717, 1.165) is 25.9 Å². The Bertz CT molecular complexity index is 479. The van der Waals surface area contributed by atoms with Gasteiger partial charge >= 0.3 is 0 Å². The van der Waals surface area contributed by atoms with E-state index in [2.05, 4.69) is 54.8 Å². The minimum absolute atomic E-state index is 0. The number of hydrogen-bond acceptors (Lipinski definition) is 3. The maximum absolute atomic E-state index is 12.3. The third kappa shape index (κ3) is 5.59. The van der Waals surface area contributed by atoms with Gasteiger partial charge in [0.15, 0.2) is 0 Å². The molecule has 1 aliphatic heterocycles. The molecule has 2 N–H and O–H groups in total. The Kier molecular flexibility index (Phi) is 7.87. The van der Waals surface area contributed by atoms with Crippen LogP contribution in [0.15, 0.2) is 24.3 Å². The van der Waals surface area contributed by atoms with Crippen LogP contribution < -0.4 is 10.6 Å². The molecule has 0 aliphatic carbocycles. The maximum Gasteiger partial charge on any atom is 0.237 e. The van der Waals surface area contributed by atoms with E-state index >= 15 is 0 Å². The summed E-state index contributed by atoms with van der Waals surface area (Å²) in [6, 6.07) is 8.27. The molecule has 2 rings (SSSR count). The smallest absolute Gasteiger partial charge is 0.237 e. The lowest BCUT2D eigenvalue weighted by Gasteiger charge is -2.27. The van der Waals surface area contributed by atoms with Crippen molar-refractivity contribution >= 4 is 18.3 Å². The van der Waals surface area contributed by atoms with E-state index < -0.39 is 0 Å². The van der Waals surface area contributed by atoms with Crippen LogP contribution in [0.3, 0.4) is 0 Å². The fraction of sp³-hybridized carbons (Fsp3) is 0.588. The standard InChI is InChI=1S/C17H27N3O.ClH/c1-13-8-9-18-16(10-13)17(21)19-11-14-6-4-5-7-15(14)12-20(2)3;/h4-7,13,16,18H,8-12H2,1-3H3,(H,19,21);1H.